The number of hydrogen-bond acceptors (Lipinski definition) is 2. The Labute approximate surface area is 90.8 Å². The van der Waals surface area contributed by atoms with Crippen molar-refractivity contribution in [2.75, 3.05) is 5.73 Å². The summed E-state index contributed by atoms with van der Waals surface area (Å²) in [5, 5.41) is 1.15. The highest BCUT2D eigenvalue weighted by Crippen LogP contribution is 2.31. The molecular weight excluding hydrogens is 242 g/mol. The zero-order valence-electron chi connectivity index (χ0n) is 7.92. The molecule has 2 rings (SSSR count). The largest absolute Gasteiger partial charge is 0.399 e. The number of benzene rings is 1. The number of nitrogen functional groups attached to an aromatic ring is 1. The van der Waals surface area contributed by atoms with Gasteiger partial charge in [0, 0.05) is 34.8 Å². The molecule has 0 saturated carbocycles. The van der Waals surface area contributed by atoms with E-state index in [9.17, 15) is 0 Å². The molecule has 0 atom stereocenters. The van der Waals surface area contributed by atoms with E-state index >= 15 is 0 Å². The van der Waals surface area contributed by atoms with Gasteiger partial charge in [0.05, 0.1) is 5.52 Å². The minimum absolute atomic E-state index is 0.520. The molecule has 14 heavy (non-hydrogen) atoms. The summed E-state index contributed by atoms with van der Waals surface area (Å²) in [5.41, 5.74) is 14.4. The van der Waals surface area contributed by atoms with Crippen LogP contribution in [0.4, 0.5) is 5.69 Å². The zero-order chi connectivity index (χ0) is 10.3. The number of rotatable bonds is 1. The molecule has 0 fully saturated rings. The first-order valence-electron chi connectivity index (χ1n) is 4.37. The van der Waals surface area contributed by atoms with E-state index < -0.39 is 0 Å². The number of anilines is 1. The maximum Gasteiger partial charge on any atom is 0.0512 e. The topological polar surface area (TPSA) is 57.0 Å². The summed E-state index contributed by atoms with van der Waals surface area (Å²) in [6.45, 7) is 0.520. The fourth-order valence-electron chi connectivity index (χ4n) is 1.69. The average Bonchev–Trinajstić information content (AvgIpc) is 2.39. The summed E-state index contributed by atoms with van der Waals surface area (Å²) in [5.74, 6) is 0. The van der Waals surface area contributed by atoms with E-state index in [1.165, 1.54) is 0 Å². The van der Waals surface area contributed by atoms with Crippen LogP contribution >= 0.6 is 15.9 Å². The summed E-state index contributed by atoms with van der Waals surface area (Å²) in [4.78, 5) is 0. The smallest absolute Gasteiger partial charge is 0.0512 e. The van der Waals surface area contributed by atoms with Gasteiger partial charge in [-0.15, -0.1) is 0 Å². The molecule has 3 nitrogen and oxygen atoms in total. The van der Waals surface area contributed by atoms with Crippen LogP contribution in [0.1, 0.15) is 5.69 Å². The second kappa shape index (κ2) is 3.29. The molecule has 0 spiro atoms. The molecule has 1 aromatic heterocycles. The first kappa shape index (κ1) is 9.55. The van der Waals surface area contributed by atoms with Gasteiger partial charge < -0.3 is 16.0 Å². The average molecular weight is 254 g/mol. The maximum absolute atomic E-state index is 5.73. The van der Waals surface area contributed by atoms with E-state index in [1.54, 1.807) is 0 Å². The van der Waals surface area contributed by atoms with E-state index in [0.29, 0.717) is 6.54 Å². The first-order chi connectivity index (χ1) is 6.65. The van der Waals surface area contributed by atoms with Crippen LogP contribution < -0.4 is 11.5 Å². The van der Waals surface area contributed by atoms with Crippen molar-refractivity contribution < 1.29 is 0 Å². The predicted molar refractivity (Wildman–Crippen MR) is 62.9 cm³/mol. The van der Waals surface area contributed by atoms with Crippen LogP contribution in [-0.4, -0.2) is 4.57 Å². The fourth-order valence-corrected chi connectivity index (χ4v) is 2.45. The minimum Gasteiger partial charge on any atom is -0.399 e. The van der Waals surface area contributed by atoms with Gasteiger partial charge in [-0.3, -0.25) is 0 Å². The second-order valence-electron chi connectivity index (χ2n) is 3.30. The van der Waals surface area contributed by atoms with Crippen molar-refractivity contribution in [3.63, 3.8) is 0 Å². The Kier molecular flexibility index (Phi) is 2.25. The van der Waals surface area contributed by atoms with Crippen molar-refractivity contribution in [3.05, 3.63) is 28.4 Å². The number of nitrogens with zero attached hydrogens (tertiary/aromatic N) is 1. The molecule has 4 N–H and O–H groups in total. The number of fused-ring (bicyclic) bond motifs is 1. The predicted octanol–water partition coefficient (Wildman–Crippen LogP) is 1.98. The van der Waals surface area contributed by atoms with Crippen LogP contribution in [0.15, 0.2) is 22.7 Å². The van der Waals surface area contributed by atoms with E-state index in [1.807, 2.05) is 25.2 Å². The Balaban J connectivity index is 2.87. The van der Waals surface area contributed by atoms with E-state index in [0.717, 1.165) is 26.8 Å². The summed E-state index contributed by atoms with van der Waals surface area (Å²) in [7, 11) is 1.99. The van der Waals surface area contributed by atoms with Gasteiger partial charge in [-0.25, -0.2) is 0 Å². The Hall–Kier alpha value is -1.00. The van der Waals surface area contributed by atoms with Crippen LogP contribution in [0.25, 0.3) is 10.9 Å². The van der Waals surface area contributed by atoms with Gasteiger partial charge in [0.2, 0.25) is 0 Å². The van der Waals surface area contributed by atoms with Gasteiger partial charge in [0.1, 0.15) is 0 Å². The first-order valence-corrected chi connectivity index (χ1v) is 5.16. The molecule has 1 aromatic carbocycles. The standard InChI is InChI=1S/C10H12BrN3/c1-14-8-4-6(13)2-3-7(8)10(11)9(14)5-12/h2-4H,5,12-13H2,1H3. The van der Waals surface area contributed by atoms with Crippen LogP contribution in [0.2, 0.25) is 0 Å². The highest BCUT2D eigenvalue weighted by atomic mass is 79.9. The Morgan fingerprint density at radius 1 is 1.43 bits per heavy atom. The molecule has 0 radical (unpaired) electrons. The summed E-state index contributed by atoms with van der Waals surface area (Å²) < 4.78 is 3.13. The molecule has 2 aromatic rings. The van der Waals surface area contributed by atoms with Crippen molar-refractivity contribution in [3.8, 4) is 0 Å². The minimum atomic E-state index is 0.520. The molecule has 0 aliphatic carbocycles. The van der Waals surface area contributed by atoms with Gasteiger partial charge in [0.15, 0.2) is 0 Å². The number of halogens is 1. The van der Waals surface area contributed by atoms with E-state index in [4.69, 9.17) is 11.5 Å². The third-order valence-electron chi connectivity index (χ3n) is 2.47. The van der Waals surface area contributed by atoms with Gasteiger partial charge in [-0.1, -0.05) is 0 Å². The molecule has 0 amide bonds. The quantitative estimate of drug-likeness (QED) is 0.764. The zero-order valence-corrected chi connectivity index (χ0v) is 9.51. The maximum atomic E-state index is 5.73. The van der Waals surface area contributed by atoms with Crippen LogP contribution in [0.5, 0.6) is 0 Å². The van der Waals surface area contributed by atoms with Crippen molar-refractivity contribution in [2.24, 2.45) is 12.8 Å². The van der Waals surface area contributed by atoms with Crippen LogP contribution in [0, 0.1) is 0 Å². The summed E-state index contributed by atoms with van der Waals surface area (Å²) >= 11 is 3.55. The van der Waals surface area contributed by atoms with Gasteiger partial charge in [-0.2, -0.15) is 0 Å². The van der Waals surface area contributed by atoms with Crippen molar-refractivity contribution in [1.82, 2.24) is 4.57 Å². The Morgan fingerprint density at radius 3 is 2.79 bits per heavy atom. The lowest BCUT2D eigenvalue weighted by atomic mass is 10.2. The van der Waals surface area contributed by atoms with E-state index in [2.05, 4.69) is 20.5 Å². The van der Waals surface area contributed by atoms with Gasteiger partial charge >= 0.3 is 0 Å². The Morgan fingerprint density at radius 2 is 2.14 bits per heavy atom. The molecule has 4 heteroatoms. The highest BCUT2D eigenvalue weighted by molar-refractivity contribution is 9.10. The lowest BCUT2D eigenvalue weighted by Gasteiger charge is -2.01. The Bertz CT molecular complexity index is 488. The molecule has 74 valence electrons. The number of nitrogens with two attached hydrogens (primary N) is 2. The molecular formula is C10H12BrN3. The van der Waals surface area contributed by atoms with Crippen LogP contribution in [-0.2, 0) is 13.6 Å². The van der Waals surface area contributed by atoms with Gasteiger partial charge in [-0.05, 0) is 34.1 Å². The molecule has 0 saturated heterocycles. The fraction of sp³-hybridized carbons (Fsp3) is 0.200. The third-order valence-corrected chi connectivity index (χ3v) is 3.36. The lowest BCUT2D eigenvalue weighted by Crippen LogP contribution is -2.03. The van der Waals surface area contributed by atoms with Crippen molar-refractivity contribution in [2.45, 2.75) is 6.54 Å². The number of aromatic nitrogens is 1. The molecule has 0 unspecified atom stereocenters. The third kappa shape index (κ3) is 1.22. The molecule has 0 aliphatic rings. The highest BCUT2D eigenvalue weighted by Gasteiger charge is 2.11. The molecule has 1 heterocycles. The van der Waals surface area contributed by atoms with Crippen molar-refractivity contribution >= 4 is 32.5 Å². The lowest BCUT2D eigenvalue weighted by molar-refractivity contribution is 0.844. The normalized spacial score (nSPS) is 11.1. The van der Waals surface area contributed by atoms with Crippen LogP contribution in [0.3, 0.4) is 0 Å². The number of aryl methyl sites for hydroxylation is 1. The SMILES string of the molecule is Cn1c(CN)c(Br)c2ccc(N)cc21. The molecule has 0 aliphatic heterocycles. The number of hydrogen-bond donors (Lipinski definition) is 2. The summed E-state index contributed by atoms with van der Waals surface area (Å²) in [6, 6.07) is 5.86. The summed E-state index contributed by atoms with van der Waals surface area (Å²) in [6.07, 6.45) is 0. The van der Waals surface area contributed by atoms with E-state index in [-0.39, 0.29) is 0 Å². The van der Waals surface area contributed by atoms with Crippen molar-refractivity contribution in [1.29, 1.82) is 0 Å². The molecule has 0 bridgehead atoms. The monoisotopic (exact) mass is 253 g/mol. The van der Waals surface area contributed by atoms with Gasteiger partial charge in [0.25, 0.3) is 0 Å². The second-order valence-corrected chi connectivity index (χ2v) is 4.09.